The van der Waals surface area contributed by atoms with Crippen LogP contribution in [0.3, 0.4) is 0 Å². The van der Waals surface area contributed by atoms with Crippen LogP contribution in [0.25, 0.3) is 0 Å². The summed E-state index contributed by atoms with van der Waals surface area (Å²) < 4.78 is 5.22. The minimum atomic E-state index is -0.986. The average Bonchev–Trinajstić information content (AvgIpc) is 0.957. The first-order valence-corrected chi connectivity index (χ1v) is 50.2. The molecule has 19 N–H and O–H groups in total. The highest BCUT2D eigenvalue weighted by Gasteiger charge is 2.39. The van der Waals surface area contributed by atoms with Crippen molar-refractivity contribution in [1.82, 2.24) is 35.6 Å². The molecular weight excluding hydrogens is 1930 g/mol. The Morgan fingerprint density at radius 3 is 1.19 bits per heavy atom. The van der Waals surface area contributed by atoms with Crippen molar-refractivity contribution in [3.8, 4) is 0 Å². The van der Waals surface area contributed by atoms with Crippen LogP contribution in [0, 0.1) is 0 Å². The number of thiophene rings is 1. The lowest BCUT2D eigenvalue weighted by atomic mass is 9.90. The number of furan rings is 1. The highest BCUT2D eigenvalue weighted by Crippen LogP contribution is 2.34. The number of para-hydroxylation sites is 1. The summed E-state index contributed by atoms with van der Waals surface area (Å²) in [4.78, 5) is 117. The number of carbonyl (C=O) groups is 10. The van der Waals surface area contributed by atoms with Crippen molar-refractivity contribution in [2.75, 3.05) is 31.9 Å². The van der Waals surface area contributed by atoms with Crippen molar-refractivity contribution in [3.63, 3.8) is 0 Å². The molecule has 0 saturated heterocycles. The molecule has 2 aliphatic heterocycles. The number of hydrogen-bond donors (Lipinski definition) is 19. The molecule has 0 bridgehead atoms. The van der Waals surface area contributed by atoms with Gasteiger partial charge in [0, 0.05) is 101 Å². The summed E-state index contributed by atoms with van der Waals surface area (Å²) in [5.74, 6) is -7.30. The Kier molecular flexibility index (Phi) is 49.7. The van der Waals surface area contributed by atoms with E-state index in [0.717, 1.165) is 45.7 Å². The van der Waals surface area contributed by atoms with E-state index in [0.29, 0.717) is 52.5 Å². The summed E-state index contributed by atoms with van der Waals surface area (Å²) in [6.45, 7) is 62.3. The molecule has 0 spiro atoms. The first kappa shape index (κ1) is 129. The molecule has 36 heteroatoms. The third kappa shape index (κ3) is 53.7. The van der Waals surface area contributed by atoms with Gasteiger partial charge in [0.2, 0.25) is 0 Å². The second-order valence-electron chi connectivity index (χ2n) is 45.7. The Hall–Kier alpha value is -13.5. The number of nitrogens with zero attached hydrogens (tertiary/aromatic N) is 4. The lowest BCUT2D eigenvalue weighted by Gasteiger charge is -2.43. The summed E-state index contributed by atoms with van der Waals surface area (Å²) in [5.41, 5.74) is 9.89. The summed E-state index contributed by atoms with van der Waals surface area (Å²) >= 11 is 3.02. The first-order valence-electron chi connectivity index (χ1n) is 48.5. The minimum Gasteiger partial charge on any atom is -0.481 e. The molecule has 148 heavy (non-hydrogen) atoms. The van der Waals surface area contributed by atoms with Gasteiger partial charge in [-0.25, -0.2) is 24.2 Å². The molecule has 6 heterocycles. The maximum absolute atomic E-state index is 11.4. The fraction of sp³-hybridized carbons (Fsp3) is 0.464. The predicted molar refractivity (Wildman–Crippen MR) is 590 cm³/mol. The number of rotatable bonds is 24. The summed E-state index contributed by atoms with van der Waals surface area (Å²) in [6.07, 6.45) is 4.25. The van der Waals surface area contributed by atoms with Crippen molar-refractivity contribution in [2.24, 2.45) is 0 Å². The van der Waals surface area contributed by atoms with Crippen LogP contribution in [0.5, 0.6) is 0 Å². The zero-order chi connectivity index (χ0) is 113. The van der Waals surface area contributed by atoms with Crippen LogP contribution in [0.15, 0.2) is 197 Å². The first-order chi connectivity index (χ1) is 67.8. The SMILES string of the molecule is CC(C)(C)N1Cc2ccccc2C[C@@H]1C(=O)O.CC(C)(C)N1Cc2ccccc2C[C@H]1C(=O)O.CC(C)(C)NC(CC(=O)O)c1ccco1.CC(C)(C)NC(CC(=O)O)c1cccs1.CC(C)(C)Nc1[nH]ncc1C(=O)O.CC(C)(C)Nc1ccc(C(=O)O)cc1.CC(C)(C)Nc1ccc(CC(=O)O)cc1.CC(C)(C)Nc1cccc(C(=O)O)c1.CC(C)(C)Nc1ccccc1C(=O)O.CC(C)(C)Nc1nc(CC(=O)O)cs1. The maximum atomic E-state index is 11.4. The van der Waals surface area contributed by atoms with Crippen molar-refractivity contribution in [3.05, 3.63) is 259 Å². The average molecular weight is 2090 g/mol. The monoisotopic (exact) mass is 2090 g/mol. The fourth-order valence-electron chi connectivity index (χ4n) is 14.3. The number of nitrogens with one attached hydrogen (secondary N) is 9. The quantitative estimate of drug-likeness (QED) is 0.0267. The highest BCUT2D eigenvalue weighted by molar-refractivity contribution is 7.13. The summed E-state index contributed by atoms with van der Waals surface area (Å²) in [5, 5.41) is 125. The van der Waals surface area contributed by atoms with Gasteiger partial charge in [-0.05, 0) is 339 Å². The normalized spacial score (nSPS) is 14.0. The zero-order valence-electron chi connectivity index (χ0n) is 91.5. The number of aliphatic carboxylic acids is 6. The van der Waals surface area contributed by atoms with Crippen LogP contribution in [0.4, 0.5) is 33.7 Å². The Balaban J connectivity index is 0.000000423. The molecule has 10 aromatic rings. The molecule has 4 atom stereocenters. The number of thiazole rings is 1. The number of fused-ring (bicyclic) bond motifs is 2. The van der Waals surface area contributed by atoms with Crippen LogP contribution in [0.2, 0.25) is 0 Å². The molecule has 12 rings (SSSR count). The molecule has 0 aliphatic carbocycles. The largest absolute Gasteiger partial charge is 0.481 e. The van der Waals surface area contributed by atoms with E-state index in [2.05, 4.69) is 163 Å². The van der Waals surface area contributed by atoms with Crippen LogP contribution in [0.1, 0.15) is 318 Å². The molecule has 0 radical (unpaired) electrons. The number of aromatic amines is 1. The van der Waals surface area contributed by atoms with Gasteiger partial charge in [0.15, 0.2) is 5.13 Å². The number of benzene rings is 6. The fourth-order valence-corrected chi connectivity index (χ4v) is 16.0. The van der Waals surface area contributed by atoms with Gasteiger partial charge in [0.05, 0.1) is 72.6 Å². The number of anilines is 6. The number of H-pyrrole nitrogens is 1. The van der Waals surface area contributed by atoms with E-state index >= 15 is 0 Å². The van der Waals surface area contributed by atoms with Crippen molar-refractivity contribution in [2.45, 2.75) is 339 Å². The number of carboxylic acid groups (broad SMARTS) is 10. The van der Waals surface area contributed by atoms with Gasteiger partial charge in [0.1, 0.15) is 29.2 Å². The van der Waals surface area contributed by atoms with E-state index in [-0.39, 0.29) is 98.7 Å². The van der Waals surface area contributed by atoms with E-state index < -0.39 is 71.8 Å². The predicted octanol–water partition coefficient (Wildman–Crippen LogP) is 23.0. The lowest BCUT2D eigenvalue weighted by Crippen LogP contribution is -2.54. The molecule has 812 valence electrons. The lowest BCUT2D eigenvalue weighted by molar-refractivity contribution is -0.147. The molecule has 4 aromatic heterocycles. The van der Waals surface area contributed by atoms with E-state index in [1.54, 1.807) is 95.8 Å². The number of aromatic carboxylic acids is 4. The number of aromatic nitrogens is 3. The topological polar surface area (TPSA) is 530 Å². The minimum absolute atomic E-state index is 0.00919. The van der Waals surface area contributed by atoms with Gasteiger partial charge in [-0.2, -0.15) is 5.10 Å². The second-order valence-corrected chi connectivity index (χ2v) is 47.5. The maximum Gasteiger partial charge on any atom is 0.341 e. The number of hydrogen-bond acceptors (Lipinski definition) is 25. The molecule has 0 fully saturated rings. The zero-order valence-corrected chi connectivity index (χ0v) is 93.1. The van der Waals surface area contributed by atoms with Crippen molar-refractivity contribution >= 4 is 116 Å². The third-order valence-electron chi connectivity index (χ3n) is 20.0. The number of carboxylic acids is 10. The van der Waals surface area contributed by atoms with Crippen LogP contribution in [-0.4, -0.2) is 203 Å². The van der Waals surface area contributed by atoms with E-state index in [1.165, 1.54) is 39.8 Å². The molecule has 2 unspecified atom stereocenters. The van der Waals surface area contributed by atoms with E-state index in [4.69, 9.17) is 45.3 Å². The molecular formula is C112H161N13O21S2. The molecule has 0 saturated carbocycles. The molecule has 2 aliphatic rings. The molecule has 0 amide bonds. The van der Waals surface area contributed by atoms with Gasteiger partial charge >= 0.3 is 59.7 Å². The molecule has 6 aromatic carbocycles. The Labute approximate surface area is 880 Å². The summed E-state index contributed by atoms with van der Waals surface area (Å²) in [6, 6.07) is 50.4. The molecule has 34 nitrogen and oxygen atoms in total. The van der Waals surface area contributed by atoms with Gasteiger partial charge < -0.3 is 98.0 Å². The van der Waals surface area contributed by atoms with Crippen molar-refractivity contribution in [1.29, 1.82) is 0 Å². The van der Waals surface area contributed by atoms with E-state index in [9.17, 15) is 58.2 Å². The Morgan fingerprint density at radius 2 is 0.804 bits per heavy atom. The van der Waals surface area contributed by atoms with E-state index in [1.807, 2.05) is 215 Å². The Morgan fingerprint density at radius 1 is 0.385 bits per heavy atom. The van der Waals surface area contributed by atoms with Gasteiger partial charge in [-0.1, -0.05) is 84.9 Å². The van der Waals surface area contributed by atoms with Gasteiger partial charge in [-0.15, -0.1) is 22.7 Å². The van der Waals surface area contributed by atoms with Crippen LogP contribution < -0.4 is 42.5 Å². The second kappa shape index (κ2) is 57.1. The third-order valence-corrected chi connectivity index (χ3v) is 21.8. The van der Waals surface area contributed by atoms with Gasteiger partial charge in [-0.3, -0.25) is 43.7 Å². The van der Waals surface area contributed by atoms with Crippen LogP contribution in [-0.2, 0) is 67.5 Å². The highest BCUT2D eigenvalue weighted by atomic mass is 32.1. The Bertz CT molecular complexity index is 5680. The summed E-state index contributed by atoms with van der Waals surface area (Å²) in [7, 11) is 0. The van der Waals surface area contributed by atoms with Gasteiger partial charge in [0.25, 0.3) is 0 Å². The van der Waals surface area contributed by atoms with Crippen LogP contribution >= 0.6 is 22.7 Å². The smallest absolute Gasteiger partial charge is 0.341 e. The van der Waals surface area contributed by atoms with Crippen molar-refractivity contribution < 1.29 is 103 Å². The standard InChI is InChI=1S/2C14H19NO2.C12H17NO2.C11H17NO3.C11H17NO2S.3C11H15NO2.C9H14N2O2S.C8H13N3O2/c2*1-14(2,3)15-9-11-7-5-4-6-10(11)8-12(15)13(16)17;1-12(2,3)13-10-6-4-9(5-7-10)8-11(14)15;2*1-11(2,3)12-8(7-10(13)14)9-5-4-6-15-9;1-11(2,3)12-9-6-4-8(5-7-9)10(13)14;1-11(2,3)12-9-6-4-5-8(7-9)10(13)14;1-11(2,3)12-9-7-5-4-6-8(9)10(13)14;1-9(2,3)11-8-10-6(5-14-8)4-7(12)13;1-8(2,3)10-6-5(7(12)13)4-9-11-6/h2*4-7,12H,8-9H2,1-3H3,(H,16,17);4-7,13H,8H2,1-3H3,(H,14,15);2*4-6,8,12H,7H2,1-3H3,(H,13,14);3*4-7,12H,1-3H3,(H,13,14);5H,4H2,1-3H3,(H,10,11)(H,12,13);4H,1-3H3,(H,12,13)(H2,9,10,11)/t2*12-;;;;;;;;/m10......../s1.